The molecule has 0 aliphatic heterocycles. The quantitative estimate of drug-likeness (QED) is 0.702. The van der Waals surface area contributed by atoms with Gasteiger partial charge >= 0.3 is 0 Å². The fourth-order valence-electron chi connectivity index (χ4n) is 0.969. The molecule has 2 aromatic rings. The molecule has 0 aliphatic rings. The van der Waals surface area contributed by atoms with Crippen molar-refractivity contribution in [1.82, 2.24) is 20.1 Å². The minimum atomic E-state index is 0.364. The molecular formula is C8H8N4O2. The Hall–Kier alpha value is -1.98. The zero-order valence-corrected chi connectivity index (χ0v) is 7.76. The van der Waals surface area contributed by atoms with Gasteiger partial charge in [-0.25, -0.2) is 9.97 Å². The molecule has 0 atom stereocenters. The third kappa shape index (κ3) is 1.54. The zero-order chi connectivity index (χ0) is 9.97. The number of methoxy groups -OCH3 is 1. The largest absolute Gasteiger partial charge is 0.481 e. The summed E-state index contributed by atoms with van der Waals surface area (Å²) in [6.45, 7) is 1.74. The van der Waals surface area contributed by atoms with Crippen LogP contribution in [0.2, 0.25) is 0 Å². The smallest absolute Gasteiger partial charge is 0.276 e. The van der Waals surface area contributed by atoms with Crippen molar-refractivity contribution < 1.29 is 9.26 Å². The predicted molar refractivity (Wildman–Crippen MR) is 46.6 cm³/mol. The Labute approximate surface area is 80.0 Å². The average Bonchev–Trinajstić information content (AvgIpc) is 2.65. The number of rotatable bonds is 2. The van der Waals surface area contributed by atoms with E-state index < -0.39 is 0 Å². The Morgan fingerprint density at radius 3 is 2.86 bits per heavy atom. The molecular weight excluding hydrogens is 184 g/mol. The van der Waals surface area contributed by atoms with Crippen LogP contribution in [-0.2, 0) is 0 Å². The van der Waals surface area contributed by atoms with E-state index in [1.54, 1.807) is 13.0 Å². The molecule has 72 valence electrons. The maximum atomic E-state index is 4.94. The van der Waals surface area contributed by atoms with Crippen LogP contribution in [0, 0.1) is 6.92 Å². The molecule has 0 aliphatic carbocycles. The van der Waals surface area contributed by atoms with Crippen molar-refractivity contribution in [3.63, 3.8) is 0 Å². The molecule has 2 heterocycles. The first-order chi connectivity index (χ1) is 6.79. The molecule has 0 unspecified atom stereocenters. The van der Waals surface area contributed by atoms with Crippen LogP contribution in [0.15, 0.2) is 16.9 Å². The van der Waals surface area contributed by atoms with Crippen LogP contribution in [0.3, 0.4) is 0 Å². The molecule has 6 heteroatoms. The number of hydrogen-bond donors (Lipinski definition) is 0. The van der Waals surface area contributed by atoms with Crippen LogP contribution in [0.1, 0.15) is 5.82 Å². The first kappa shape index (κ1) is 8.61. The van der Waals surface area contributed by atoms with E-state index >= 15 is 0 Å². The summed E-state index contributed by atoms with van der Waals surface area (Å²) < 4.78 is 9.89. The third-order valence-corrected chi connectivity index (χ3v) is 1.60. The van der Waals surface area contributed by atoms with Crippen LogP contribution in [0.5, 0.6) is 5.88 Å². The van der Waals surface area contributed by atoms with Crippen molar-refractivity contribution >= 4 is 0 Å². The number of aryl methyl sites for hydroxylation is 1. The first-order valence-electron chi connectivity index (χ1n) is 3.96. The molecule has 14 heavy (non-hydrogen) atoms. The summed E-state index contributed by atoms with van der Waals surface area (Å²) in [6, 6.07) is 1.63. The van der Waals surface area contributed by atoms with Gasteiger partial charge in [-0.3, -0.25) is 0 Å². The summed E-state index contributed by atoms with van der Waals surface area (Å²) in [5.41, 5.74) is 0.553. The van der Waals surface area contributed by atoms with Gasteiger partial charge in [0.15, 0.2) is 5.82 Å². The fourth-order valence-corrected chi connectivity index (χ4v) is 0.969. The second kappa shape index (κ2) is 3.41. The molecule has 0 spiro atoms. The van der Waals surface area contributed by atoms with Crippen LogP contribution in [0.25, 0.3) is 11.6 Å². The summed E-state index contributed by atoms with van der Waals surface area (Å²) in [5.74, 6) is 1.40. The van der Waals surface area contributed by atoms with E-state index in [9.17, 15) is 0 Å². The molecule has 0 aromatic carbocycles. The third-order valence-electron chi connectivity index (χ3n) is 1.60. The minimum absolute atomic E-state index is 0.364. The monoisotopic (exact) mass is 192 g/mol. The summed E-state index contributed by atoms with van der Waals surface area (Å²) in [5, 5.41) is 3.66. The second-order valence-corrected chi connectivity index (χ2v) is 2.59. The van der Waals surface area contributed by atoms with Crippen molar-refractivity contribution in [3.05, 3.63) is 18.2 Å². The van der Waals surface area contributed by atoms with Crippen LogP contribution < -0.4 is 4.74 Å². The molecule has 0 bridgehead atoms. The molecule has 0 radical (unpaired) electrons. The highest BCUT2D eigenvalue weighted by atomic mass is 16.5. The van der Waals surface area contributed by atoms with Crippen molar-refractivity contribution in [2.24, 2.45) is 0 Å². The lowest BCUT2D eigenvalue weighted by molar-refractivity contribution is 0.395. The maximum absolute atomic E-state index is 4.94. The van der Waals surface area contributed by atoms with E-state index in [1.165, 1.54) is 13.4 Å². The van der Waals surface area contributed by atoms with Gasteiger partial charge < -0.3 is 9.26 Å². The van der Waals surface area contributed by atoms with E-state index in [2.05, 4.69) is 20.1 Å². The second-order valence-electron chi connectivity index (χ2n) is 2.59. The van der Waals surface area contributed by atoms with Crippen molar-refractivity contribution in [3.8, 4) is 17.5 Å². The van der Waals surface area contributed by atoms with Gasteiger partial charge in [-0.15, -0.1) is 0 Å². The molecule has 2 aromatic heterocycles. The Balaban J connectivity index is 2.41. The van der Waals surface area contributed by atoms with Gasteiger partial charge in [0.05, 0.1) is 7.11 Å². The highest BCUT2D eigenvalue weighted by Crippen LogP contribution is 2.16. The first-order valence-corrected chi connectivity index (χ1v) is 3.96. The molecule has 0 saturated heterocycles. The minimum Gasteiger partial charge on any atom is -0.481 e. The van der Waals surface area contributed by atoms with Gasteiger partial charge in [-0.1, -0.05) is 5.16 Å². The van der Waals surface area contributed by atoms with Crippen LogP contribution in [-0.4, -0.2) is 27.2 Å². The fraction of sp³-hybridized carbons (Fsp3) is 0.250. The Morgan fingerprint density at radius 2 is 2.21 bits per heavy atom. The number of aromatic nitrogens is 4. The van der Waals surface area contributed by atoms with Crippen molar-refractivity contribution in [1.29, 1.82) is 0 Å². The normalized spacial score (nSPS) is 10.1. The molecule has 0 saturated carbocycles. The molecule has 0 N–H and O–H groups in total. The van der Waals surface area contributed by atoms with E-state index in [0.717, 1.165) is 0 Å². The highest BCUT2D eigenvalue weighted by molar-refractivity contribution is 5.47. The van der Waals surface area contributed by atoms with Crippen molar-refractivity contribution in [2.45, 2.75) is 6.92 Å². The Kier molecular flexibility index (Phi) is 2.10. The average molecular weight is 192 g/mol. The van der Waals surface area contributed by atoms with E-state index in [1.807, 2.05) is 0 Å². The molecule has 0 amide bonds. The lowest BCUT2D eigenvalue weighted by Gasteiger charge is -1.97. The maximum Gasteiger partial charge on any atom is 0.276 e. The molecule has 6 nitrogen and oxygen atoms in total. The highest BCUT2D eigenvalue weighted by Gasteiger charge is 2.08. The van der Waals surface area contributed by atoms with Gasteiger partial charge in [0, 0.05) is 6.07 Å². The van der Waals surface area contributed by atoms with Gasteiger partial charge in [-0.2, -0.15) is 4.98 Å². The molecule has 2 rings (SSSR count). The SMILES string of the molecule is COc1cc(-c2nc(C)no2)ncn1. The predicted octanol–water partition coefficient (Wildman–Crippen LogP) is 0.844. The lowest BCUT2D eigenvalue weighted by atomic mass is 10.4. The Morgan fingerprint density at radius 1 is 1.36 bits per heavy atom. The van der Waals surface area contributed by atoms with E-state index in [4.69, 9.17) is 9.26 Å². The summed E-state index contributed by atoms with van der Waals surface area (Å²) >= 11 is 0. The number of ether oxygens (including phenoxy) is 1. The van der Waals surface area contributed by atoms with Gasteiger partial charge in [0.2, 0.25) is 5.88 Å². The van der Waals surface area contributed by atoms with Crippen LogP contribution >= 0.6 is 0 Å². The van der Waals surface area contributed by atoms with Gasteiger partial charge in [-0.05, 0) is 6.92 Å². The molecule has 0 fully saturated rings. The van der Waals surface area contributed by atoms with E-state index in [0.29, 0.717) is 23.3 Å². The standard InChI is InChI=1S/C8H8N4O2/c1-5-11-8(14-12-5)6-3-7(13-2)10-4-9-6/h3-4H,1-2H3. The zero-order valence-electron chi connectivity index (χ0n) is 7.76. The summed E-state index contributed by atoms with van der Waals surface area (Å²) in [6.07, 6.45) is 1.38. The van der Waals surface area contributed by atoms with E-state index in [-0.39, 0.29) is 0 Å². The summed E-state index contributed by atoms with van der Waals surface area (Å²) in [7, 11) is 1.53. The van der Waals surface area contributed by atoms with Gasteiger partial charge in [0.1, 0.15) is 12.0 Å². The number of nitrogens with zero attached hydrogens (tertiary/aromatic N) is 4. The van der Waals surface area contributed by atoms with Gasteiger partial charge in [0.25, 0.3) is 5.89 Å². The topological polar surface area (TPSA) is 73.9 Å². The number of hydrogen-bond acceptors (Lipinski definition) is 6. The Bertz CT molecular complexity index is 440. The summed E-state index contributed by atoms with van der Waals surface area (Å²) in [4.78, 5) is 11.9. The van der Waals surface area contributed by atoms with Crippen molar-refractivity contribution in [2.75, 3.05) is 7.11 Å². The lowest BCUT2D eigenvalue weighted by Crippen LogP contribution is -1.90. The van der Waals surface area contributed by atoms with Crippen LogP contribution in [0.4, 0.5) is 0 Å².